The molecular weight excluding hydrogens is 238 g/mol. The fourth-order valence-corrected chi connectivity index (χ4v) is 2.81. The van der Waals surface area contributed by atoms with E-state index >= 15 is 0 Å². The summed E-state index contributed by atoms with van der Waals surface area (Å²) in [4.78, 5) is 14.2. The molecule has 2 atom stereocenters. The summed E-state index contributed by atoms with van der Waals surface area (Å²) < 4.78 is 5.45. The molecule has 104 valence electrons. The maximum atomic E-state index is 12.2. The number of carbonyl (C=O) groups is 1. The fourth-order valence-electron chi connectivity index (χ4n) is 2.81. The SMILES string of the molecule is CCC[C@@H]1CC[C@@H](C)N1C(=O)OCc1ccccc1. The van der Waals surface area contributed by atoms with Gasteiger partial charge in [0.15, 0.2) is 0 Å². The summed E-state index contributed by atoms with van der Waals surface area (Å²) in [5.74, 6) is 0. The summed E-state index contributed by atoms with van der Waals surface area (Å²) in [7, 11) is 0. The fraction of sp³-hybridized carbons (Fsp3) is 0.562. The Morgan fingerprint density at radius 2 is 2.05 bits per heavy atom. The summed E-state index contributed by atoms with van der Waals surface area (Å²) in [5, 5.41) is 0. The smallest absolute Gasteiger partial charge is 0.410 e. The number of ether oxygens (including phenoxy) is 1. The van der Waals surface area contributed by atoms with Crippen molar-refractivity contribution >= 4 is 6.09 Å². The van der Waals surface area contributed by atoms with E-state index in [2.05, 4.69) is 13.8 Å². The van der Waals surface area contributed by atoms with E-state index in [0.717, 1.165) is 31.2 Å². The zero-order valence-electron chi connectivity index (χ0n) is 11.8. The van der Waals surface area contributed by atoms with E-state index < -0.39 is 0 Å². The molecule has 1 aromatic carbocycles. The normalized spacial score (nSPS) is 22.5. The van der Waals surface area contributed by atoms with Crippen molar-refractivity contribution in [2.45, 2.75) is 58.2 Å². The highest BCUT2D eigenvalue weighted by Gasteiger charge is 2.34. The van der Waals surface area contributed by atoms with Crippen molar-refractivity contribution < 1.29 is 9.53 Å². The van der Waals surface area contributed by atoms with Crippen LogP contribution in [0.5, 0.6) is 0 Å². The number of carbonyl (C=O) groups excluding carboxylic acids is 1. The van der Waals surface area contributed by atoms with Crippen LogP contribution in [0.15, 0.2) is 30.3 Å². The van der Waals surface area contributed by atoms with Crippen molar-refractivity contribution in [3.63, 3.8) is 0 Å². The molecule has 1 fully saturated rings. The Hall–Kier alpha value is -1.51. The lowest BCUT2D eigenvalue weighted by Gasteiger charge is -2.27. The molecule has 0 unspecified atom stereocenters. The van der Waals surface area contributed by atoms with E-state index in [0.29, 0.717) is 18.7 Å². The maximum Gasteiger partial charge on any atom is 0.410 e. The number of amides is 1. The van der Waals surface area contributed by atoms with Crippen LogP contribution in [0.1, 0.15) is 45.1 Å². The first-order valence-corrected chi connectivity index (χ1v) is 7.21. The van der Waals surface area contributed by atoms with Crippen LogP contribution in [-0.4, -0.2) is 23.1 Å². The van der Waals surface area contributed by atoms with Gasteiger partial charge in [-0.15, -0.1) is 0 Å². The zero-order valence-corrected chi connectivity index (χ0v) is 11.8. The monoisotopic (exact) mass is 261 g/mol. The first kappa shape index (κ1) is 13.9. The molecule has 0 saturated carbocycles. The first-order valence-electron chi connectivity index (χ1n) is 7.21. The Labute approximate surface area is 115 Å². The molecule has 0 spiro atoms. The van der Waals surface area contributed by atoms with Crippen LogP contribution in [-0.2, 0) is 11.3 Å². The van der Waals surface area contributed by atoms with Gasteiger partial charge in [0.25, 0.3) is 0 Å². The van der Waals surface area contributed by atoms with Crippen LogP contribution in [0.2, 0.25) is 0 Å². The number of hydrogen-bond acceptors (Lipinski definition) is 2. The highest BCUT2D eigenvalue weighted by atomic mass is 16.6. The average molecular weight is 261 g/mol. The molecular formula is C16H23NO2. The number of benzene rings is 1. The van der Waals surface area contributed by atoms with Gasteiger partial charge in [0.05, 0.1) is 0 Å². The molecule has 0 aliphatic carbocycles. The van der Waals surface area contributed by atoms with Gasteiger partial charge in [-0.3, -0.25) is 0 Å². The van der Waals surface area contributed by atoms with Crippen molar-refractivity contribution in [2.24, 2.45) is 0 Å². The molecule has 0 bridgehead atoms. The molecule has 3 heteroatoms. The van der Waals surface area contributed by atoms with Crippen molar-refractivity contribution in [3.8, 4) is 0 Å². The lowest BCUT2D eigenvalue weighted by atomic mass is 10.1. The second kappa shape index (κ2) is 6.60. The van der Waals surface area contributed by atoms with Gasteiger partial charge in [-0.25, -0.2) is 4.79 Å². The third-order valence-corrected chi connectivity index (χ3v) is 3.82. The summed E-state index contributed by atoms with van der Waals surface area (Å²) in [6.45, 7) is 4.64. The number of likely N-dealkylation sites (tertiary alicyclic amines) is 1. The number of nitrogens with zero attached hydrogens (tertiary/aromatic N) is 1. The minimum Gasteiger partial charge on any atom is -0.445 e. The van der Waals surface area contributed by atoms with Crippen molar-refractivity contribution in [2.75, 3.05) is 0 Å². The van der Waals surface area contributed by atoms with Gasteiger partial charge in [0.1, 0.15) is 6.61 Å². The molecule has 1 aliphatic heterocycles. The molecule has 1 heterocycles. The Bertz CT molecular complexity index is 402. The maximum absolute atomic E-state index is 12.2. The average Bonchev–Trinajstić information content (AvgIpc) is 2.79. The molecule has 0 radical (unpaired) electrons. The van der Waals surface area contributed by atoms with Crippen molar-refractivity contribution in [1.29, 1.82) is 0 Å². The molecule has 19 heavy (non-hydrogen) atoms. The van der Waals surface area contributed by atoms with E-state index in [-0.39, 0.29) is 6.09 Å². The standard InChI is InChI=1S/C16H23NO2/c1-3-7-15-11-10-13(2)17(15)16(18)19-12-14-8-5-4-6-9-14/h4-6,8-9,13,15H,3,7,10-12H2,1-2H3/t13-,15-/m1/s1. The highest BCUT2D eigenvalue weighted by Crippen LogP contribution is 2.27. The van der Waals surface area contributed by atoms with Gasteiger partial charge < -0.3 is 9.64 Å². The second-order valence-electron chi connectivity index (χ2n) is 5.32. The molecule has 0 N–H and O–H groups in total. The van der Waals surface area contributed by atoms with Gasteiger partial charge in [-0.1, -0.05) is 43.7 Å². The molecule has 2 rings (SSSR count). The number of rotatable bonds is 4. The third kappa shape index (κ3) is 3.49. The first-order chi connectivity index (χ1) is 9.22. The van der Waals surface area contributed by atoms with E-state index in [9.17, 15) is 4.79 Å². The molecule has 1 saturated heterocycles. The summed E-state index contributed by atoms with van der Waals surface area (Å²) >= 11 is 0. The van der Waals surface area contributed by atoms with Crippen LogP contribution in [0.25, 0.3) is 0 Å². The lowest BCUT2D eigenvalue weighted by Crippen LogP contribution is -2.40. The Morgan fingerprint density at radius 1 is 1.32 bits per heavy atom. The van der Waals surface area contributed by atoms with Crippen LogP contribution < -0.4 is 0 Å². The van der Waals surface area contributed by atoms with Crippen LogP contribution in [0.4, 0.5) is 4.79 Å². The zero-order chi connectivity index (χ0) is 13.7. The summed E-state index contributed by atoms with van der Waals surface area (Å²) in [5.41, 5.74) is 1.04. The van der Waals surface area contributed by atoms with Gasteiger partial charge >= 0.3 is 6.09 Å². The predicted octanol–water partition coefficient (Wildman–Crippen LogP) is 3.98. The van der Waals surface area contributed by atoms with Gasteiger partial charge in [0, 0.05) is 12.1 Å². The topological polar surface area (TPSA) is 29.5 Å². The molecule has 1 aliphatic rings. The lowest BCUT2D eigenvalue weighted by molar-refractivity contribution is 0.0792. The summed E-state index contributed by atoms with van der Waals surface area (Å²) in [6.07, 6.45) is 4.22. The largest absolute Gasteiger partial charge is 0.445 e. The highest BCUT2D eigenvalue weighted by molar-refractivity contribution is 5.69. The van der Waals surface area contributed by atoms with Crippen LogP contribution in [0, 0.1) is 0 Å². The molecule has 1 aromatic rings. The Morgan fingerprint density at radius 3 is 2.74 bits per heavy atom. The molecule has 3 nitrogen and oxygen atoms in total. The minimum absolute atomic E-state index is 0.160. The van der Waals surface area contributed by atoms with Crippen molar-refractivity contribution in [3.05, 3.63) is 35.9 Å². The minimum atomic E-state index is -0.160. The predicted molar refractivity (Wildman–Crippen MR) is 75.9 cm³/mol. The van der Waals surface area contributed by atoms with Gasteiger partial charge in [0.2, 0.25) is 0 Å². The summed E-state index contributed by atoms with van der Waals surface area (Å²) in [6, 6.07) is 10.5. The van der Waals surface area contributed by atoms with Crippen molar-refractivity contribution in [1.82, 2.24) is 4.90 Å². The van der Waals surface area contributed by atoms with E-state index in [1.807, 2.05) is 35.2 Å². The second-order valence-corrected chi connectivity index (χ2v) is 5.32. The Balaban J connectivity index is 1.91. The van der Waals surface area contributed by atoms with E-state index in [4.69, 9.17) is 4.74 Å². The van der Waals surface area contributed by atoms with Crippen LogP contribution >= 0.6 is 0 Å². The van der Waals surface area contributed by atoms with E-state index in [1.54, 1.807) is 0 Å². The third-order valence-electron chi connectivity index (χ3n) is 3.82. The molecule has 0 aromatic heterocycles. The number of hydrogen-bond donors (Lipinski definition) is 0. The van der Waals surface area contributed by atoms with Crippen LogP contribution in [0.3, 0.4) is 0 Å². The van der Waals surface area contributed by atoms with E-state index in [1.165, 1.54) is 0 Å². The molecule has 1 amide bonds. The van der Waals surface area contributed by atoms with Gasteiger partial charge in [-0.05, 0) is 31.7 Å². The Kier molecular flexibility index (Phi) is 4.83. The van der Waals surface area contributed by atoms with Gasteiger partial charge in [-0.2, -0.15) is 0 Å². The quantitative estimate of drug-likeness (QED) is 0.820.